The molecule has 0 unspecified atom stereocenters. The fourth-order valence-corrected chi connectivity index (χ4v) is 1.78. The lowest BCUT2D eigenvalue weighted by Gasteiger charge is -2.36. The molecule has 0 spiro atoms. The molecule has 16 heavy (non-hydrogen) atoms. The summed E-state index contributed by atoms with van der Waals surface area (Å²) in [5, 5.41) is 17.6. The Balaban J connectivity index is 4.49. The van der Waals surface area contributed by atoms with Gasteiger partial charge in [0.05, 0.1) is 13.2 Å². The maximum absolute atomic E-state index is 10.5. The molecular weight excluding hydrogens is 224 g/mol. The van der Waals surface area contributed by atoms with Crippen LogP contribution in [-0.2, 0) is 9.22 Å². The predicted molar refractivity (Wildman–Crippen MR) is 66.0 cm³/mol. The van der Waals surface area contributed by atoms with Crippen LogP contribution in [0.1, 0.15) is 20.8 Å². The van der Waals surface area contributed by atoms with Crippen molar-refractivity contribution in [1.82, 2.24) is 0 Å². The first-order chi connectivity index (χ1) is 7.10. The smallest absolute Gasteiger partial charge is 0.328 e. The number of carboxylic acid groups (broad SMARTS) is 1. The molecule has 0 aromatic rings. The van der Waals surface area contributed by atoms with Crippen molar-refractivity contribution in [1.29, 1.82) is 0 Å². The van der Waals surface area contributed by atoms with Crippen molar-refractivity contribution in [3.8, 4) is 0 Å². The SMILES string of the molecule is CC(C)(C)[Si](C)(C)OCC(=CC(=O)O)CO. The minimum atomic E-state index is -1.88. The van der Waals surface area contributed by atoms with Gasteiger partial charge in [0.2, 0.25) is 0 Å². The predicted octanol–water partition coefficient (Wildman–Crippen LogP) is 2.01. The second kappa shape index (κ2) is 5.61. The molecule has 0 aromatic heterocycles. The summed E-state index contributed by atoms with van der Waals surface area (Å²) in [7, 11) is -1.88. The molecule has 0 atom stereocenters. The molecule has 0 radical (unpaired) electrons. The van der Waals surface area contributed by atoms with Crippen LogP contribution >= 0.6 is 0 Å². The summed E-state index contributed by atoms with van der Waals surface area (Å²) in [5.41, 5.74) is 0.400. The largest absolute Gasteiger partial charge is 0.478 e. The van der Waals surface area contributed by atoms with E-state index in [4.69, 9.17) is 14.6 Å². The minimum absolute atomic E-state index is 0.0801. The van der Waals surface area contributed by atoms with Crippen molar-refractivity contribution >= 4 is 14.3 Å². The number of hydrogen-bond acceptors (Lipinski definition) is 3. The summed E-state index contributed by atoms with van der Waals surface area (Å²) in [4.78, 5) is 10.5. The third-order valence-electron chi connectivity index (χ3n) is 2.96. The van der Waals surface area contributed by atoms with Crippen molar-refractivity contribution in [2.75, 3.05) is 13.2 Å². The molecule has 0 saturated heterocycles. The lowest BCUT2D eigenvalue weighted by molar-refractivity contribution is -0.131. The Morgan fingerprint density at radius 1 is 1.38 bits per heavy atom. The highest BCUT2D eigenvalue weighted by atomic mass is 28.4. The lowest BCUT2D eigenvalue weighted by atomic mass is 10.2. The highest BCUT2D eigenvalue weighted by Gasteiger charge is 2.37. The number of aliphatic carboxylic acids is 1. The second-order valence-electron chi connectivity index (χ2n) is 5.35. The van der Waals surface area contributed by atoms with E-state index >= 15 is 0 Å². The van der Waals surface area contributed by atoms with E-state index in [0.717, 1.165) is 6.08 Å². The molecule has 0 rings (SSSR count). The molecule has 0 amide bonds. The molecule has 0 aliphatic rings. The first kappa shape index (κ1) is 15.3. The van der Waals surface area contributed by atoms with E-state index in [1.54, 1.807) is 0 Å². The van der Waals surface area contributed by atoms with Gasteiger partial charge in [-0.05, 0) is 23.7 Å². The van der Waals surface area contributed by atoms with E-state index in [1.807, 2.05) is 0 Å². The standard InChI is InChI=1S/C11H22O4Si/c1-11(2,3)16(4,5)15-8-9(7-12)6-10(13)14/h6,12H,7-8H2,1-5H3,(H,13,14). The van der Waals surface area contributed by atoms with Crippen molar-refractivity contribution < 1.29 is 19.4 Å². The fourth-order valence-electron chi connectivity index (χ4n) is 0.797. The van der Waals surface area contributed by atoms with Gasteiger partial charge in [0.25, 0.3) is 0 Å². The van der Waals surface area contributed by atoms with Crippen LogP contribution in [0.3, 0.4) is 0 Å². The zero-order valence-corrected chi connectivity index (χ0v) is 11.7. The van der Waals surface area contributed by atoms with Crippen LogP contribution in [0.4, 0.5) is 0 Å². The number of hydrogen-bond donors (Lipinski definition) is 2. The Labute approximate surface area is 98.1 Å². The third-order valence-corrected chi connectivity index (χ3v) is 7.43. The maximum atomic E-state index is 10.5. The maximum Gasteiger partial charge on any atom is 0.328 e. The summed E-state index contributed by atoms with van der Waals surface area (Å²) < 4.78 is 5.80. The highest BCUT2D eigenvalue weighted by molar-refractivity contribution is 6.74. The van der Waals surface area contributed by atoms with Gasteiger partial charge in [-0.2, -0.15) is 0 Å². The van der Waals surface area contributed by atoms with Gasteiger partial charge in [-0.1, -0.05) is 20.8 Å². The number of rotatable bonds is 5. The highest BCUT2D eigenvalue weighted by Crippen LogP contribution is 2.36. The van der Waals surface area contributed by atoms with Crippen LogP contribution in [-0.4, -0.2) is 37.7 Å². The van der Waals surface area contributed by atoms with E-state index in [9.17, 15) is 4.79 Å². The minimum Gasteiger partial charge on any atom is -0.478 e. The molecular formula is C11H22O4Si. The topological polar surface area (TPSA) is 66.8 Å². The average Bonchev–Trinajstić information content (AvgIpc) is 2.09. The van der Waals surface area contributed by atoms with Crippen LogP contribution in [0.15, 0.2) is 11.6 Å². The van der Waals surface area contributed by atoms with E-state index in [2.05, 4.69) is 33.9 Å². The number of aliphatic hydroxyl groups excluding tert-OH is 1. The summed E-state index contributed by atoms with van der Waals surface area (Å²) in [5.74, 6) is -1.05. The van der Waals surface area contributed by atoms with Gasteiger partial charge >= 0.3 is 5.97 Å². The van der Waals surface area contributed by atoms with Gasteiger partial charge in [-0.15, -0.1) is 0 Å². The number of carbonyl (C=O) groups is 1. The molecule has 5 heteroatoms. The van der Waals surface area contributed by atoms with Crippen molar-refractivity contribution in [2.45, 2.75) is 38.9 Å². The first-order valence-corrected chi connectivity index (χ1v) is 8.18. The molecule has 94 valence electrons. The quantitative estimate of drug-likeness (QED) is 0.575. The molecule has 0 fully saturated rings. The van der Waals surface area contributed by atoms with Crippen molar-refractivity contribution in [3.63, 3.8) is 0 Å². The summed E-state index contributed by atoms with van der Waals surface area (Å²) in [6.07, 6.45) is 1.01. The molecule has 0 heterocycles. The van der Waals surface area contributed by atoms with Gasteiger partial charge < -0.3 is 14.6 Å². The van der Waals surface area contributed by atoms with Crippen LogP contribution in [0.5, 0.6) is 0 Å². The van der Waals surface area contributed by atoms with Gasteiger partial charge in [-0.25, -0.2) is 4.79 Å². The van der Waals surface area contributed by atoms with Crippen LogP contribution in [0, 0.1) is 0 Å². The van der Waals surface area contributed by atoms with Crippen LogP contribution in [0.25, 0.3) is 0 Å². The fraction of sp³-hybridized carbons (Fsp3) is 0.727. The Hall–Kier alpha value is -0.653. The summed E-state index contributed by atoms with van der Waals surface area (Å²) in [6.45, 7) is 10.4. The number of aliphatic hydroxyl groups is 1. The van der Waals surface area contributed by atoms with Crippen LogP contribution in [0.2, 0.25) is 18.1 Å². The van der Waals surface area contributed by atoms with Crippen molar-refractivity contribution in [3.05, 3.63) is 11.6 Å². The number of carboxylic acids is 1. The zero-order valence-electron chi connectivity index (χ0n) is 10.7. The van der Waals surface area contributed by atoms with Gasteiger partial charge in [-0.3, -0.25) is 0 Å². The van der Waals surface area contributed by atoms with Gasteiger partial charge in [0, 0.05) is 6.08 Å². The summed E-state index contributed by atoms with van der Waals surface area (Å²) >= 11 is 0. The molecule has 0 saturated carbocycles. The van der Waals surface area contributed by atoms with E-state index < -0.39 is 14.3 Å². The first-order valence-electron chi connectivity index (χ1n) is 5.27. The van der Waals surface area contributed by atoms with E-state index in [1.165, 1.54) is 0 Å². The van der Waals surface area contributed by atoms with Gasteiger partial charge in [0.1, 0.15) is 0 Å². The summed E-state index contributed by atoms with van der Waals surface area (Å²) in [6, 6.07) is 0. The monoisotopic (exact) mass is 246 g/mol. The molecule has 4 nitrogen and oxygen atoms in total. The molecule has 0 aliphatic heterocycles. The average molecular weight is 246 g/mol. The Kier molecular flexibility index (Phi) is 5.38. The lowest BCUT2D eigenvalue weighted by Crippen LogP contribution is -2.41. The molecule has 0 bridgehead atoms. The third kappa shape index (κ3) is 4.91. The molecule has 0 aromatic carbocycles. The molecule has 0 aliphatic carbocycles. The second-order valence-corrected chi connectivity index (χ2v) is 10.2. The Morgan fingerprint density at radius 2 is 1.88 bits per heavy atom. The Bertz CT molecular complexity index is 276. The normalized spacial score (nSPS) is 14.0. The zero-order chi connectivity index (χ0) is 13.0. The van der Waals surface area contributed by atoms with E-state index in [0.29, 0.717) is 5.57 Å². The van der Waals surface area contributed by atoms with Crippen molar-refractivity contribution in [2.24, 2.45) is 0 Å². The van der Waals surface area contributed by atoms with Gasteiger partial charge in [0.15, 0.2) is 8.32 Å². The Morgan fingerprint density at radius 3 is 2.19 bits per heavy atom. The molecule has 2 N–H and O–H groups in total. The van der Waals surface area contributed by atoms with Crippen LogP contribution < -0.4 is 0 Å². The van der Waals surface area contributed by atoms with E-state index in [-0.39, 0.29) is 18.3 Å².